The van der Waals surface area contributed by atoms with Crippen molar-refractivity contribution in [1.29, 1.82) is 0 Å². The average Bonchev–Trinajstić information content (AvgIpc) is 3.01. The first-order valence-corrected chi connectivity index (χ1v) is 8.28. The van der Waals surface area contributed by atoms with E-state index in [1.54, 1.807) is 0 Å². The van der Waals surface area contributed by atoms with Crippen LogP contribution in [-0.2, 0) is 14.3 Å². The van der Waals surface area contributed by atoms with Gasteiger partial charge in [0.15, 0.2) is 0 Å². The van der Waals surface area contributed by atoms with Crippen molar-refractivity contribution < 1.29 is 14.3 Å². The van der Waals surface area contributed by atoms with Crippen LogP contribution in [0.15, 0.2) is 0 Å². The van der Waals surface area contributed by atoms with Crippen LogP contribution in [0, 0.1) is 5.92 Å². The molecule has 2 heterocycles. The summed E-state index contributed by atoms with van der Waals surface area (Å²) in [6, 6.07) is -0.314. The molecular weight excluding hydrogens is 268 g/mol. The van der Waals surface area contributed by atoms with E-state index in [-0.39, 0.29) is 17.9 Å². The van der Waals surface area contributed by atoms with E-state index >= 15 is 0 Å². The van der Waals surface area contributed by atoms with Gasteiger partial charge < -0.3 is 15.0 Å². The van der Waals surface area contributed by atoms with Gasteiger partial charge in [0.05, 0.1) is 0 Å². The van der Waals surface area contributed by atoms with Gasteiger partial charge in [-0.25, -0.2) is 0 Å². The quantitative estimate of drug-likeness (QED) is 0.812. The summed E-state index contributed by atoms with van der Waals surface area (Å²) >= 11 is 0. The van der Waals surface area contributed by atoms with Gasteiger partial charge in [-0.15, -0.1) is 0 Å². The van der Waals surface area contributed by atoms with Gasteiger partial charge in [0.25, 0.3) is 0 Å². The van der Waals surface area contributed by atoms with Gasteiger partial charge in [0.2, 0.25) is 11.8 Å². The number of piperazine rings is 1. The largest absolute Gasteiger partial charge is 0.381 e. The third-order valence-corrected chi connectivity index (χ3v) is 5.11. The SMILES string of the molecule is CCC1C(=O)NC(CC)(CC)C(=O)N1CCC1CCOC1. The maximum absolute atomic E-state index is 12.9. The minimum absolute atomic E-state index is 0.00321. The summed E-state index contributed by atoms with van der Waals surface area (Å²) in [6.07, 6.45) is 3.96. The lowest BCUT2D eigenvalue weighted by atomic mass is 9.86. The molecule has 2 amide bonds. The first-order valence-electron chi connectivity index (χ1n) is 8.28. The Bertz CT molecular complexity index is 387. The van der Waals surface area contributed by atoms with Crippen molar-refractivity contribution >= 4 is 11.8 Å². The Hall–Kier alpha value is -1.10. The summed E-state index contributed by atoms with van der Waals surface area (Å²) in [6.45, 7) is 8.18. The molecule has 21 heavy (non-hydrogen) atoms. The zero-order valence-electron chi connectivity index (χ0n) is 13.5. The summed E-state index contributed by atoms with van der Waals surface area (Å²) < 4.78 is 5.40. The summed E-state index contributed by atoms with van der Waals surface area (Å²) in [5.74, 6) is 0.624. The second-order valence-corrected chi connectivity index (χ2v) is 6.22. The number of nitrogens with one attached hydrogen (secondary N) is 1. The van der Waals surface area contributed by atoms with Crippen LogP contribution in [0.3, 0.4) is 0 Å². The van der Waals surface area contributed by atoms with Gasteiger partial charge in [-0.2, -0.15) is 0 Å². The minimum atomic E-state index is -0.699. The number of hydrogen-bond donors (Lipinski definition) is 1. The molecule has 2 aliphatic rings. The van der Waals surface area contributed by atoms with Gasteiger partial charge in [-0.05, 0) is 38.0 Å². The molecule has 1 N–H and O–H groups in total. The first kappa shape index (κ1) is 16.3. The summed E-state index contributed by atoms with van der Waals surface area (Å²) in [5, 5.41) is 2.98. The molecule has 0 radical (unpaired) electrons. The van der Waals surface area contributed by atoms with Gasteiger partial charge in [-0.1, -0.05) is 20.8 Å². The lowest BCUT2D eigenvalue weighted by Crippen LogP contribution is -2.70. The summed E-state index contributed by atoms with van der Waals surface area (Å²) in [4.78, 5) is 27.1. The average molecular weight is 296 g/mol. The van der Waals surface area contributed by atoms with Crippen molar-refractivity contribution in [1.82, 2.24) is 10.2 Å². The lowest BCUT2D eigenvalue weighted by molar-refractivity contribution is -0.155. The fraction of sp³-hybridized carbons (Fsp3) is 0.875. The van der Waals surface area contributed by atoms with Crippen LogP contribution in [0.4, 0.5) is 0 Å². The van der Waals surface area contributed by atoms with E-state index in [2.05, 4.69) is 5.32 Å². The Labute approximate surface area is 127 Å². The number of carbonyl (C=O) groups excluding carboxylic acids is 2. The van der Waals surface area contributed by atoms with Gasteiger partial charge >= 0.3 is 0 Å². The van der Waals surface area contributed by atoms with E-state index in [0.29, 0.717) is 31.7 Å². The van der Waals surface area contributed by atoms with Crippen molar-refractivity contribution in [2.24, 2.45) is 5.92 Å². The van der Waals surface area contributed by atoms with Crippen LogP contribution < -0.4 is 5.32 Å². The van der Waals surface area contributed by atoms with E-state index in [9.17, 15) is 9.59 Å². The molecule has 2 rings (SSSR count). The number of nitrogens with zero attached hydrogens (tertiary/aromatic N) is 1. The van der Waals surface area contributed by atoms with E-state index in [0.717, 1.165) is 26.1 Å². The molecular formula is C16H28N2O3. The molecule has 0 aromatic heterocycles. The third kappa shape index (κ3) is 3.07. The van der Waals surface area contributed by atoms with E-state index in [1.165, 1.54) is 0 Å². The Kier molecular flexibility index (Phi) is 5.25. The van der Waals surface area contributed by atoms with E-state index < -0.39 is 5.54 Å². The molecule has 2 atom stereocenters. The molecule has 0 aliphatic carbocycles. The molecule has 0 spiro atoms. The number of carbonyl (C=O) groups is 2. The minimum Gasteiger partial charge on any atom is -0.381 e. The first-order chi connectivity index (χ1) is 10.1. The summed E-state index contributed by atoms with van der Waals surface area (Å²) in [7, 11) is 0. The van der Waals surface area contributed by atoms with Crippen LogP contribution >= 0.6 is 0 Å². The van der Waals surface area contributed by atoms with Crippen LogP contribution in [0.1, 0.15) is 52.9 Å². The van der Waals surface area contributed by atoms with Crippen molar-refractivity contribution in [2.45, 2.75) is 64.5 Å². The smallest absolute Gasteiger partial charge is 0.248 e. The highest BCUT2D eigenvalue weighted by Crippen LogP contribution is 2.27. The van der Waals surface area contributed by atoms with Crippen LogP contribution in [-0.4, -0.2) is 48.1 Å². The number of rotatable bonds is 6. The predicted octanol–water partition coefficient (Wildman–Crippen LogP) is 1.71. The molecule has 120 valence electrons. The Balaban J connectivity index is 2.12. The maximum Gasteiger partial charge on any atom is 0.248 e. The highest BCUT2D eigenvalue weighted by molar-refractivity contribution is 5.99. The fourth-order valence-electron chi connectivity index (χ4n) is 3.46. The van der Waals surface area contributed by atoms with Crippen molar-refractivity contribution in [3.05, 3.63) is 0 Å². The Morgan fingerprint density at radius 1 is 1.29 bits per heavy atom. The molecule has 0 bridgehead atoms. The molecule has 2 saturated heterocycles. The number of ether oxygens (including phenoxy) is 1. The molecule has 0 aromatic rings. The van der Waals surface area contributed by atoms with Crippen LogP contribution in [0.2, 0.25) is 0 Å². The Morgan fingerprint density at radius 3 is 2.52 bits per heavy atom. The molecule has 2 aliphatic heterocycles. The maximum atomic E-state index is 12.9. The second kappa shape index (κ2) is 6.77. The third-order valence-electron chi connectivity index (χ3n) is 5.11. The highest BCUT2D eigenvalue weighted by atomic mass is 16.5. The van der Waals surface area contributed by atoms with Crippen molar-refractivity contribution in [2.75, 3.05) is 19.8 Å². The molecule has 0 saturated carbocycles. The molecule has 0 aromatic carbocycles. The lowest BCUT2D eigenvalue weighted by Gasteiger charge is -2.45. The van der Waals surface area contributed by atoms with Gasteiger partial charge in [0, 0.05) is 19.8 Å². The second-order valence-electron chi connectivity index (χ2n) is 6.22. The van der Waals surface area contributed by atoms with Gasteiger partial charge in [-0.3, -0.25) is 9.59 Å². The van der Waals surface area contributed by atoms with Crippen molar-refractivity contribution in [3.8, 4) is 0 Å². The molecule has 2 unspecified atom stereocenters. The van der Waals surface area contributed by atoms with E-state index in [1.807, 2.05) is 25.7 Å². The predicted molar refractivity (Wildman–Crippen MR) is 80.8 cm³/mol. The summed E-state index contributed by atoms with van der Waals surface area (Å²) in [5.41, 5.74) is -0.699. The Morgan fingerprint density at radius 2 is 2.00 bits per heavy atom. The monoisotopic (exact) mass is 296 g/mol. The molecule has 5 heteroatoms. The van der Waals surface area contributed by atoms with Gasteiger partial charge in [0.1, 0.15) is 11.6 Å². The van der Waals surface area contributed by atoms with Crippen LogP contribution in [0.5, 0.6) is 0 Å². The van der Waals surface area contributed by atoms with Crippen LogP contribution in [0.25, 0.3) is 0 Å². The highest BCUT2D eigenvalue weighted by Gasteiger charge is 2.48. The molecule has 5 nitrogen and oxygen atoms in total. The zero-order valence-corrected chi connectivity index (χ0v) is 13.5. The topological polar surface area (TPSA) is 58.6 Å². The number of amides is 2. The standard InChI is InChI=1S/C16H28N2O3/c1-4-13-14(19)17-16(5-2,6-3)15(20)18(13)9-7-12-8-10-21-11-12/h12-13H,4-11H2,1-3H3,(H,17,19). The van der Waals surface area contributed by atoms with Crippen molar-refractivity contribution in [3.63, 3.8) is 0 Å². The molecule has 2 fully saturated rings. The number of hydrogen-bond acceptors (Lipinski definition) is 3. The fourth-order valence-corrected chi connectivity index (χ4v) is 3.46. The van der Waals surface area contributed by atoms with E-state index in [4.69, 9.17) is 4.74 Å². The zero-order chi connectivity index (χ0) is 15.5. The normalized spacial score (nSPS) is 28.8.